The van der Waals surface area contributed by atoms with Crippen LogP contribution >= 0.6 is 0 Å². The van der Waals surface area contributed by atoms with Crippen molar-refractivity contribution in [1.82, 2.24) is 0 Å². The molecule has 1 aromatic rings. The van der Waals surface area contributed by atoms with Crippen molar-refractivity contribution < 1.29 is 19.4 Å². The molecule has 0 saturated carbocycles. The van der Waals surface area contributed by atoms with Crippen LogP contribution in [0.25, 0.3) is 0 Å². The summed E-state index contributed by atoms with van der Waals surface area (Å²) >= 11 is 0. The molecule has 1 aromatic carbocycles. The normalized spacial score (nSPS) is 14.4. The van der Waals surface area contributed by atoms with Crippen molar-refractivity contribution in [2.75, 3.05) is 13.2 Å². The minimum Gasteiger partial charge on any atom is -0.486 e. The number of aryl methyl sites for hydroxylation is 1. The van der Waals surface area contributed by atoms with Gasteiger partial charge in [0, 0.05) is 0 Å². The zero-order valence-corrected chi connectivity index (χ0v) is 10.9. The first kappa shape index (κ1) is 12.7. The lowest BCUT2D eigenvalue weighted by Gasteiger charge is -2.26. The summed E-state index contributed by atoms with van der Waals surface area (Å²) in [6.07, 6.45) is 0.425. The smallest absolute Gasteiger partial charge is 0.309 e. The van der Waals surface area contributed by atoms with Gasteiger partial charge in [0.1, 0.15) is 13.2 Å². The highest BCUT2D eigenvalue weighted by Crippen LogP contribution is 2.39. The van der Waals surface area contributed by atoms with E-state index in [0.717, 1.165) is 16.9 Å². The van der Waals surface area contributed by atoms with Crippen LogP contribution in [-0.4, -0.2) is 24.3 Å². The minimum atomic E-state index is -0.816. The maximum absolute atomic E-state index is 11.2. The summed E-state index contributed by atoms with van der Waals surface area (Å²) in [6, 6.07) is 3.87. The molecule has 18 heavy (non-hydrogen) atoms. The second-order valence-corrected chi connectivity index (χ2v) is 5.26. The van der Waals surface area contributed by atoms with Gasteiger partial charge >= 0.3 is 5.97 Å². The molecule has 0 amide bonds. The molecule has 1 aliphatic heterocycles. The Kier molecular flexibility index (Phi) is 3.20. The van der Waals surface area contributed by atoms with E-state index >= 15 is 0 Å². The quantitative estimate of drug-likeness (QED) is 0.895. The largest absolute Gasteiger partial charge is 0.486 e. The Bertz CT molecular complexity index is 477. The number of rotatable bonds is 3. The minimum absolute atomic E-state index is 0.425. The predicted molar refractivity (Wildman–Crippen MR) is 67.3 cm³/mol. The fourth-order valence-corrected chi connectivity index (χ4v) is 2.02. The third-order valence-electron chi connectivity index (χ3n) is 3.18. The number of benzene rings is 1. The van der Waals surface area contributed by atoms with Gasteiger partial charge in [0.2, 0.25) is 0 Å². The number of fused-ring (bicyclic) bond motifs is 1. The summed E-state index contributed by atoms with van der Waals surface area (Å²) in [6.45, 7) is 6.44. The number of carbonyl (C=O) groups is 1. The van der Waals surface area contributed by atoms with Gasteiger partial charge in [-0.15, -0.1) is 0 Å². The van der Waals surface area contributed by atoms with E-state index in [4.69, 9.17) is 9.47 Å². The zero-order chi connectivity index (χ0) is 13.3. The molecule has 0 atom stereocenters. The van der Waals surface area contributed by atoms with Crippen molar-refractivity contribution in [2.24, 2.45) is 5.41 Å². The first-order valence-electron chi connectivity index (χ1n) is 6.03. The topological polar surface area (TPSA) is 55.8 Å². The number of hydrogen-bond acceptors (Lipinski definition) is 3. The number of ether oxygens (including phenoxy) is 2. The summed E-state index contributed by atoms with van der Waals surface area (Å²) in [4.78, 5) is 11.2. The third kappa shape index (κ3) is 2.28. The average molecular weight is 250 g/mol. The van der Waals surface area contributed by atoms with Gasteiger partial charge in [-0.3, -0.25) is 4.79 Å². The highest BCUT2D eigenvalue weighted by molar-refractivity contribution is 5.74. The van der Waals surface area contributed by atoms with Crippen molar-refractivity contribution in [3.05, 3.63) is 23.3 Å². The van der Waals surface area contributed by atoms with E-state index < -0.39 is 11.4 Å². The van der Waals surface area contributed by atoms with Gasteiger partial charge < -0.3 is 14.6 Å². The van der Waals surface area contributed by atoms with Crippen LogP contribution < -0.4 is 9.47 Å². The van der Waals surface area contributed by atoms with E-state index in [2.05, 4.69) is 0 Å². The predicted octanol–water partition coefficient (Wildman–Crippen LogP) is 2.42. The number of hydrogen-bond donors (Lipinski definition) is 1. The lowest BCUT2D eigenvalue weighted by atomic mass is 9.85. The van der Waals surface area contributed by atoms with Crippen LogP contribution in [0.5, 0.6) is 11.5 Å². The number of carboxylic acid groups (broad SMARTS) is 1. The summed E-state index contributed by atoms with van der Waals surface area (Å²) in [5.41, 5.74) is 1.09. The molecule has 0 aromatic heterocycles. The van der Waals surface area contributed by atoms with E-state index in [-0.39, 0.29) is 0 Å². The van der Waals surface area contributed by atoms with Crippen LogP contribution in [-0.2, 0) is 11.2 Å². The van der Waals surface area contributed by atoms with Crippen LogP contribution in [0.4, 0.5) is 0 Å². The van der Waals surface area contributed by atoms with E-state index in [1.165, 1.54) is 0 Å². The van der Waals surface area contributed by atoms with E-state index in [1.54, 1.807) is 13.8 Å². The Balaban J connectivity index is 2.37. The summed E-state index contributed by atoms with van der Waals surface area (Å²) in [5.74, 6) is 0.643. The molecule has 0 unspecified atom stereocenters. The van der Waals surface area contributed by atoms with Crippen molar-refractivity contribution in [3.63, 3.8) is 0 Å². The second kappa shape index (κ2) is 4.52. The van der Waals surface area contributed by atoms with Crippen LogP contribution in [0.3, 0.4) is 0 Å². The molecule has 0 bridgehead atoms. The van der Waals surface area contributed by atoms with Crippen LogP contribution in [0.15, 0.2) is 12.1 Å². The average Bonchev–Trinajstić information content (AvgIpc) is 2.33. The molecule has 1 aliphatic rings. The molecule has 0 aliphatic carbocycles. The van der Waals surface area contributed by atoms with Crippen LogP contribution in [0.1, 0.15) is 25.0 Å². The number of carboxylic acids is 1. The van der Waals surface area contributed by atoms with Crippen LogP contribution in [0.2, 0.25) is 0 Å². The first-order chi connectivity index (χ1) is 8.42. The van der Waals surface area contributed by atoms with Gasteiger partial charge in [0.05, 0.1) is 5.41 Å². The monoisotopic (exact) mass is 250 g/mol. The van der Waals surface area contributed by atoms with Gasteiger partial charge in [-0.1, -0.05) is 12.1 Å². The Labute approximate surface area is 107 Å². The van der Waals surface area contributed by atoms with Crippen molar-refractivity contribution in [2.45, 2.75) is 27.2 Å². The van der Waals surface area contributed by atoms with Crippen molar-refractivity contribution in [3.8, 4) is 11.5 Å². The third-order valence-corrected chi connectivity index (χ3v) is 3.18. The molecule has 98 valence electrons. The Morgan fingerprint density at radius 2 is 1.89 bits per heavy atom. The van der Waals surface area contributed by atoms with Crippen molar-refractivity contribution in [1.29, 1.82) is 0 Å². The summed E-state index contributed by atoms with van der Waals surface area (Å²) in [5, 5.41) is 9.19. The van der Waals surface area contributed by atoms with E-state index in [0.29, 0.717) is 25.4 Å². The summed E-state index contributed by atoms with van der Waals surface area (Å²) in [7, 11) is 0. The molecular formula is C14H18O4. The molecule has 0 radical (unpaired) electrons. The van der Waals surface area contributed by atoms with E-state index in [1.807, 2.05) is 19.1 Å². The molecule has 1 heterocycles. The van der Waals surface area contributed by atoms with Gasteiger partial charge in [-0.25, -0.2) is 0 Å². The lowest BCUT2D eigenvalue weighted by Crippen LogP contribution is -2.27. The van der Waals surface area contributed by atoms with Crippen LogP contribution in [0, 0.1) is 12.3 Å². The Hall–Kier alpha value is -1.71. The standard InChI is InChI=1S/C14H18O4/c1-9-4-5-10(8-14(2,3)13(15)16)12-11(9)17-6-7-18-12/h4-5H,6-8H2,1-3H3,(H,15,16). The lowest BCUT2D eigenvalue weighted by molar-refractivity contribution is -0.146. The maximum atomic E-state index is 11.2. The SMILES string of the molecule is Cc1ccc(CC(C)(C)C(=O)O)c2c1OCCO2. The molecular weight excluding hydrogens is 232 g/mol. The molecule has 0 fully saturated rings. The van der Waals surface area contributed by atoms with Gasteiger partial charge in [0.25, 0.3) is 0 Å². The highest BCUT2D eigenvalue weighted by Gasteiger charge is 2.30. The Morgan fingerprint density at radius 3 is 2.50 bits per heavy atom. The van der Waals surface area contributed by atoms with Gasteiger partial charge in [0.15, 0.2) is 11.5 Å². The van der Waals surface area contributed by atoms with E-state index in [9.17, 15) is 9.90 Å². The molecule has 1 N–H and O–H groups in total. The fraction of sp³-hybridized carbons (Fsp3) is 0.500. The first-order valence-corrected chi connectivity index (χ1v) is 6.03. The maximum Gasteiger partial charge on any atom is 0.309 e. The second-order valence-electron chi connectivity index (χ2n) is 5.26. The fourth-order valence-electron chi connectivity index (χ4n) is 2.02. The molecule has 4 heteroatoms. The molecule has 4 nitrogen and oxygen atoms in total. The molecule has 0 saturated heterocycles. The zero-order valence-electron chi connectivity index (χ0n) is 10.9. The molecule has 0 spiro atoms. The van der Waals surface area contributed by atoms with Gasteiger partial charge in [-0.2, -0.15) is 0 Å². The highest BCUT2D eigenvalue weighted by atomic mass is 16.6. The molecule has 2 rings (SSSR count). The Morgan fingerprint density at radius 1 is 1.28 bits per heavy atom. The summed E-state index contributed by atoms with van der Waals surface area (Å²) < 4.78 is 11.2. The van der Waals surface area contributed by atoms with Crippen molar-refractivity contribution >= 4 is 5.97 Å². The number of aliphatic carboxylic acids is 1. The van der Waals surface area contributed by atoms with Gasteiger partial charge in [-0.05, 0) is 38.3 Å².